The number of carboxylic acids is 1. The van der Waals surface area contributed by atoms with Crippen molar-refractivity contribution in [3.63, 3.8) is 0 Å². The van der Waals surface area contributed by atoms with Crippen LogP contribution in [0.5, 0.6) is 0 Å². The predicted molar refractivity (Wildman–Crippen MR) is 46.7 cm³/mol. The zero-order valence-electron chi connectivity index (χ0n) is 6.55. The Balaban J connectivity index is 3.40. The van der Waals surface area contributed by atoms with E-state index in [0.29, 0.717) is 6.07 Å². The third-order valence-corrected chi connectivity index (χ3v) is 2.10. The van der Waals surface area contributed by atoms with Gasteiger partial charge in [-0.25, -0.2) is 13.6 Å². The highest BCUT2D eigenvalue weighted by Gasteiger charge is 2.18. The first-order valence-corrected chi connectivity index (χ1v) is 4.17. The molecule has 1 aromatic rings. The molecule has 1 rings (SSSR count). The monoisotopic (exact) mass is 267 g/mol. The zero-order valence-corrected chi connectivity index (χ0v) is 8.14. The van der Waals surface area contributed by atoms with E-state index >= 15 is 0 Å². The fourth-order valence-electron chi connectivity index (χ4n) is 0.857. The molecule has 0 fully saturated rings. The topological polar surface area (TPSA) is 70.2 Å². The van der Waals surface area contributed by atoms with E-state index in [1.54, 1.807) is 0 Å². The van der Waals surface area contributed by atoms with Crippen molar-refractivity contribution in [1.82, 2.24) is 4.98 Å². The Morgan fingerprint density at radius 3 is 2.50 bits per heavy atom. The smallest absolute Gasteiger partial charge is 0.352 e. The average Bonchev–Trinajstić information content (AvgIpc) is 2.01. The van der Waals surface area contributed by atoms with Gasteiger partial charge in [-0.3, -0.25) is 4.79 Å². The summed E-state index contributed by atoms with van der Waals surface area (Å²) in [5.41, 5.74) is -2.22. The molecule has 0 spiro atoms. The van der Waals surface area contributed by atoms with Crippen molar-refractivity contribution in [2.24, 2.45) is 0 Å². The number of carbonyl (C=O) groups is 1. The Bertz CT molecular complexity index is 429. The van der Waals surface area contributed by atoms with Crippen LogP contribution in [-0.4, -0.2) is 16.1 Å². The quantitative estimate of drug-likeness (QED) is 0.803. The molecule has 0 aliphatic heterocycles. The number of H-pyrrole nitrogens is 1. The highest BCUT2D eigenvalue weighted by Crippen LogP contribution is 2.22. The highest BCUT2D eigenvalue weighted by atomic mass is 79.9. The van der Waals surface area contributed by atoms with Crippen LogP contribution in [0.15, 0.2) is 15.5 Å². The second-order valence-electron chi connectivity index (χ2n) is 2.38. The molecule has 0 atom stereocenters. The van der Waals surface area contributed by atoms with Crippen LogP contribution in [0, 0.1) is 0 Å². The minimum Gasteiger partial charge on any atom is -0.477 e. The number of aromatic amines is 1. The molecular weight excluding hydrogens is 264 g/mol. The van der Waals surface area contributed by atoms with Crippen molar-refractivity contribution in [3.8, 4) is 0 Å². The molecule has 4 nitrogen and oxygen atoms in total. The van der Waals surface area contributed by atoms with Crippen LogP contribution in [-0.2, 0) is 0 Å². The lowest BCUT2D eigenvalue weighted by atomic mass is 10.2. The van der Waals surface area contributed by atoms with Crippen LogP contribution in [0.1, 0.15) is 22.5 Å². The number of alkyl halides is 2. The standard InChI is InChI=1S/C7H4BrF2NO3/c8-5-4(6(9)10)3(12)1-2(11-5)7(13)14/h1,6H,(H,11,12)(H,13,14). The summed E-state index contributed by atoms with van der Waals surface area (Å²) < 4.78 is 24.1. The number of hydrogen-bond donors (Lipinski definition) is 2. The van der Waals surface area contributed by atoms with Gasteiger partial charge >= 0.3 is 5.97 Å². The summed E-state index contributed by atoms with van der Waals surface area (Å²) in [5.74, 6) is -1.39. The molecule has 0 bridgehead atoms. The van der Waals surface area contributed by atoms with Crippen molar-refractivity contribution >= 4 is 21.9 Å². The molecule has 14 heavy (non-hydrogen) atoms. The Morgan fingerprint density at radius 1 is 1.57 bits per heavy atom. The van der Waals surface area contributed by atoms with E-state index in [-0.39, 0.29) is 4.60 Å². The summed E-state index contributed by atoms with van der Waals surface area (Å²) in [6, 6.07) is 0.620. The molecule has 0 saturated heterocycles. The van der Waals surface area contributed by atoms with E-state index < -0.39 is 29.1 Å². The van der Waals surface area contributed by atoms with Crippen LogP contribution in [0.25, 0.3) is 0 Å². The van der Waals surface area contributed by atoms with E-state index in [0.717, 1.165) is 0 Å². The maximum Gasteiger partial charge on any atom is 0.352 e. The van der Waals surface area contributed by atoms with Crippen LogP contribution in [0.3, 0.4) is 0 Å². The van der Waals surface area contributed by atoms with Gasteiger partial charge in [-0.1, -0.05) is 0 Å². The van der Waals surface area contributed by atoms with Crippen LogP contribution in [0.4, 0.5) is 8.78 Å². The predicted octanol–water partition coefficient (Wildman–Crippen LogP) is 1.77. The van der Waals surface area contributed by atoms with Gasteiger partial charge in [0.2, 0.25) is 0 Å². The maximum absolute atomic E-state index is 12.2. The van der Waals surface area contributed by atoms with Gasteiger partial charge in [0.25, 0.3) is 6.43 Å². The Morgan fingerprint density at radius 2 is 2.14 bits per heavy atom. The lowest BCUT2D eigenvalue weighted by Crippen LogP contribution is -2.15. The normalized spacial score (nSPS) is 10.6. The Kier molecular flexibility index (Phi) is 3.00. The van der Waals surface area contributed by atoms with Gasteiger partial charge in [0, 0.05) is 6.07 Å². The number of halogens is 3. The SMILES string of the molecule is O=C(O)c1cc(=O)c(C(F)F)c(Br)[nH]1. The van der Waals surface area contributed by atoms with Crippen LogP contribution < -0.4 is 5.43 Å². The molecule has 0 radical (unpaired) electrons. The second kappa shape index (κ2) is 3.87. The molecule has 0 aromatic carbocycles. The second-order valence-corrected chi connectivity index (χ2v) is 3.17. The van der Waals surface area contributed by atoms with E-state index in [9.17, 15) is 18.4 Å². The van der Waals surface area contributed by atoms with Crippen molar-refractivity contribution in [2.45, 2.75) is 6.43 Å². The molecule has 2 N–H and O–H groups in total. The molecule has 76 valence electrons. The number of rotatable bonds is 2. The number of aromatic nitrogens is 1. The fraction of sp³-hybridized carbons (Fsp3) is 0.143. The molecule has 0 amide bonds. The highest BCUT2D eigenvalue weighted by molar-refractivity contribution is 9.10. The van der Waals surface area contributed by atoms with Gasteiger partial charge in [0.1, 0.15) is 5.69 Å². The molecule has 1 heterocycles. The number of aromatic carboxylic acids is 1. The molecule has 1 aromatic heterocycles. The first-order valence-electron chi connectivity index (χ1n) is 3.37. The van der Waals surface area contributed by atoms with Crippen molar-refractivity contribution in [3.05, 3.63) is 32.2 Å². The Labute approximate surface area is 84.7 Å². The van der Waals surface area contributed by atoms with Gasteiger partial charge in [-0.2, -0.15) is 0 Å². The minimum absolute atomic E-state index is 0.308. The summed E-state index contributed by atoms with van der Waals surface area (Å²) in [4.78, 5) is 23.6. The summed E-state index contributed by atoms with van der Waals surface area (Å²) in [7, 11) is 0. The van der Waals surface area contributed by atoms with E-state index in [2.05, 4.69) is 20.9 Å². The van der Waals surface area contributed by atoms with Crippen molar-refractivity contribution in [2.75, 3.05) is 0 Å². The maximum atomic E-state index is 12.2. The third kappa shape index (κ3) is 1.98. The van der Waals surface area contributed by atoms with E-state index in [1.165, 1.54) is 0 Å². The van der Waals surface area contributed by atoms with Crippen molar-refractivity contribution < 1.29 is 18.7 Å². The van der Waals surface area contributed by atoms with Crippen LogP contribution in [0.2, 0.25) is 0 Å². The van der Waals surface area contributed by atoms with Gasteiger partial charge in [0.15, 0.2) is 5.43 Å². The lowest BCUT2D eigenvalue weighted by Gasteiger charge is -2.03. The van der Waals surface area contributed by atoms with E-state index in [1.807, 2.05) is 0 Å². The number of carboxylic acid groups (broad SMARTS) is 1. The molecule has 7 heteroatoms. The number of hydrogen-bond acceptors (Lipinski definition) is 2. The lowest BCUT2D eigenvalue weighted by molar-refractivity contribution is 0.0689. The first kappa shape index (κ1) is 10.8. The summed E-state index contributed by atoms with van der Waals surface area (Å²) in [6.45, 7) is 0. The fourth-order valence-corrected chi connectivity index (χ4v) is 1.44. The van der Waals surface area contributed by atoms with Gasteiger partial charge < -0.3 is 10.1 Å². The van der Waals surface area contributed by atoms with Crippen LogP contribution >= 0.6 is 15.9 Å². The zero-order chi connectivity index (χ0) is 10.9. The largest absolute Gasteiger partial charge is 0.477 e. The first-order chi connectivity index (χ1) is 6.43. The summed E-state index contributed by atoms with van der Waals surface area (Å²) >= 11 is 2.67. The van der Waals surface area contributed by atoms with Crippen molar-refractivity contribution in [1.29, 1.82) is 0 Å². The van der Waals surface area contributed by atoms with Gasteiger partial charge in [0.05, 0.1) is 10.2 Å². The molecular formula is C7H4BrF2NO3. The summed E-state index contributed by atoms with van der Waals surface area (Å²) in [6.07, 6.45) is -2.95. The molecule has 0 unspecified atom stereocenters. The minimum atomic E-state index is -2.95. The molecule has 0 saturated carbocycles. The van der Waals surface area contributed by atoms with E-state index in [4.69, 9.17) is 5.11 Å². The summed E-state index contributed by atoms with van der Waals surface area (Å²) in [5, 5.41) is 8.48. The van der Waals surface area contributed by atoms with Gasteiger partial charge in [-0.05, 0) is 15.9 Å². The Hall–Kier alpha value is -1.24. The third-order valence-electron chi connectivity index (χ3n) is 1.47. The number of pyridine rings is 1. The van der Waals surface area contributed by atoms with Gasteiger partial charge in [-0.15, -0.1) is 0 Å². The average molecular weight is 268 g/mol. The molecule has 0 aliphatic rings. The number of nitrogens with one attached hydrogen (secondary N) is 1. The molecule has 0 aliphatic carbocycles.